The van der Waals surface area contributed by atoms with Gasteiger partial charge >= 0.3 is 0 Å². The molecule has 24 heavy (non-hydrogen) atoms. The molecule has 0 unspecified atom stereocenters. The van der Waals surface area contributed by atoms with Gasteiger partial charge in [0.25, 0.3) is 0 Å². The smallest absolute Gasteiger partial charge is 0.163 e. The first kappa shape index (κ1) is 19.6. The molecule has 0 N–H and O–H groups in total. The van der Waals surface area contributed by atoms with E-state index in [1.54, 1.807) is 0 Å². The molecule has 0 bridgehead atoms. The van der Waals surface area contributed by atoms with E-state index in [4.69, 9.17) is 18.9 Å². The highest BCUT2D eigenvalue weighted by molar-refractivity contribution is 4.88. The predicted octanol–water partition coefficient (Wildman–Crippen LogP) is 4.74. The van der Waals surface area contributed by atoms with E-state index < -0.39 is 11.6 Å². The first-order valence-corrected chi connectivity index (χ1v) is 9.19. The van der Waals surface area contributed by atoms with Gasteiger partial charge in [-0.2, -0.15) is 0 Å². The van der Waals surface area contributed by atoms with Crippen LogP contribution in [0.4, 0.5) is 0 Å². The molecule has 0 aromatic carbocycles. The quantitative estimate of drug-likeness (QED) is 0.569. The highest BCUT2D eigenvalue weighted by atomic mass is 16.8. The van der Waals surface area contributed by atoms with E-state index in [9.17, 15) is 0 Å². The molecule has 4 nitrogen and oxygen atoms in total. The lowest BCUT2D eigenvalue weighted by atomic mass is 9.98. The van der Waals surface area contributed by atoms with Gasteiger partial charge in [-0.05, 0) is 66.2 Å². The number of hydrogen-bond acceptors (Lipinski definition) is 4. The van der Waals surface area contributed by atoms with Crippen molar-refractivity contribution in [2.24, 2.45) is 0 Å². The first-order chi connectivity index (χ1) is 11.3. The van der Waals surface area contributed by atoms with Crippen LogP contribution in [0.25, 0.3) is 0 Å². The Labute approximate surface area is 147 Å². The fourth-order valence-electron chi connectivity index (χ4n) is 3.69. The summed E-state index contributed by atoms with van der Waals surface area (Å²) in [6.07, 6.45) is 9.95. The van der Waals surface area contributed by atoms with E-state index in [2.05, 4.69) is 13.2 Å². The summed E-state index contributed by atoms with van der Waals surface area (Å²) in [7, 11) is 0. The Morgan fingerprint density at radius 3 is 1.21 bits per heavy atom. The van der Waals surface area contributed by atoms with Gasteiger partial charge in [0.2, 0.25) is 0 Å². The van der Waals surface area contributed by atoms with Crippen molar-refractivity contribution < 1.29 is 18.9 Å². The van der Waals surface area contributed by atoms with Crippen LogP contribution >= 0.6 is 0 Å². The molecule has 138 valence electrons. The highest BCUT2D eigenvalue weighted by Gasteiger charge is 2.44. The minimum atomic E-state index is -0.509. The van der Waals surface area contributed by atoms with Gasteiger partial charge in [0, 0.05) is 0 Å². The van der Waals surface area contributed by atoms with Gasteiger partial charge in [0.1, 0.15) is 0 Å². The van der Waals surface area contributed by atoms with Crippen LogP contribution in [0, 0.1) is 0 Å². The molecule has 0 aromatic heterocycles. The molecular weight excluding hydrogens is 304 g/mol. The van der Waals surface area contributed by atoms with Crippen molar-refractivity contribution in [3.05, 3.63) is 25.3 Å². The number of hydrogen-bond donors (Lipinski definition) is 0. The minimum Gasteiger partial charge on any atom is -0.345 e. The van der Waals surface area contributed by atoms with Crippen molar-refractivity contribution in [3.63, 3.8) is 0 Å². The van der Waals surface area contributed by atoms with Crippen molar-refractivity contribution in [1.82, 2.24) is 0 Å². The summed E-state index contributed by atoms with van der Waals surface area (Å²) in [5.74, 6) is -1.02. The Morgan fingerprint density at radius 1 is 0.625 bits per heavy atom. The average Bonchev–Trinajstić information content (AvgIpc) is 2.95. The van der Waals surface area contributed by atoms with E-state index in [1.165, 1.54) is 0 Å². The highest BCUT2D eigenvalue weighted by Crippen LogP contribution is 2.37. The molecule has 0 aromatic rings. The maximum absolute atomic E-state index is 6.12. The molecule has 2 heterocycles. The summed E-state index contributed by atoms with van der Waals surface area (Å²) in [4.78, 5) is 0. The molecule has 2 saturated heterocycles. The van der Waals surface area contributed by atoms with E-state index in [0.717, 1.165) is 38.5 Å². The van der Waals surface area contributed by atoms with Crippen LogP contribution in [0.5, 0.6) is 0 Å². The van der Waals surface area contributed by atoms with Gasteiger partial charge < -0.3 is 18.9 Å². The second-order valence-corrected chi connectivity index (χ2v) is 7.73. The summed E-state index contributed by atoms with van der Waals surface area (Å²) in [5, 5.41) is 0. The Kier molecular flexibility index (Phi) is 6.66. The van der Waals surface area contributed by atoms with Gasteiger partial charge in [0.15, 0.2) is 11.6 Å². The average molecular weight is 338 g/mol. The molecular formula is C20H34O4. The molecule has 2 aliphatic rings. The number of rotatable bonds is 9. The second kappa shape index (κ2) is 8.13. The van der Waals surface area contributed by atoms with E-state index >= 15 is 0 Å². The Morgan fingerprint density at radius 2 is 0.917 bits per heavy atom. The van der Waals surface area contributed by atoms with Gasteiger partial charge in [-0.15, -0.1) is 13.2 Å². The lowest BCUT2D eigenvalue weighted by molar-refractivity contribution is -0.152. The molecule has 2 fully saturated rings. The monoisotopic (exact) mass is 338 g/mol. The van der Waals surface area contributed by atoms with Crippen LogP contribution in [0.1, 0.15) is 66.2 Å². The van der Waals surface area contributed by atoms with E-state index in [0.29, 0.717) is 0 Å². The fraction of sp³-hybridized carbons (Fsp3) is 0.800. The van der Waals surface area contributed by atoms with Crippen LogP contribution in [0.15, 0.2) is 25.3 Å². The van der Waals surface area contributed by atoms with Crippen LogP contribution < -0.4 is 0 Å². The second-order valence-electron chi connectivity index (χ2n) is 7.73. The normalized spacial score (nSPS) is 34.3. The summed E-state index contributed by atoms with van der Waals surface area (Å²) < 4.78 is 24.3. The molecule has 4 atom stereocenters. The van der Waals surface area contributed by atoms with Crippen LogP contribution in [0.3, 0.4) is 0 Å². The minimum absolute atomic E-state index is 0.104. The molecule has 0 saturated carbocycles. The molecule has 2 rings (SSSR count). The third-order valence-corrected chi connectivity index (χ3v) is 4.62. The first-order valence-electron chi connectivity index (χ1n) is 9.19. The zero-order valence-corrected chi connectivity index (χ0v) is 15.8. The summed E-state index contributed by atoms with van der Waals surface area (Å²) in [6, 6.07) is 0. The molecule has 4 heteroatoms. The van der Waals surface area contributed by atoms with E-state index in [1.807, 2.05) is 39.8 Å². The number of allylic oxidation sites excluding steroid dienone is 2. The summed E-state index contributed by atoms with van der Waals surface area (Å²) in [6.45, 7) is 15.6. The van der Waals surface area contributed by atoms with Gasteiger partial charge in [-0.1, -0.05) is 12.2 Å². The van der Waals surface area contributed by atoms with Crippen molar-refractivity contribution in [3.8, 4) is 0 Å². The fourth-order valence-corrected chi connectivity index (χ4v) is 3.69. The van der Waals surface area contributed by atoms with Crippen LogP contribution in [-0.2, 0) is 18.9 Å². The maximum Gasteiger partial charge on any atom is 0.163 e. The van der Waals surface area contributed by atoms with Crippen LogP contribution in [-0.4, -0.2) is 36.0 Å². The molecule has 0 radical (unpaired) electrons. The van der Waals surface area contributed by atoms with Crippen molar-refractivity contribution >= 4 is 0 Å². The Bertz CT molecular complexity index is 389. The third-order valence-electron chi connectivity index (χ3n) is 4.62. The zero-order valence-electron chi connectivity index (χ0n) is 15.8. The molecule has 0 aliphatic carbocycles. The van der Waals surface area contributed by atoms with E-state index in [-0.39, 0.29) is 24.4 Å². The lowest BCUT2D eigenvalue weighted by Crippen LogP contribution is -2.28. The SMILES string of the molecule is C=CCC[C@@H]1OC(C)(C)O[C@H]1CC[C@@H]1OC(C)(C)O[C@H]1CCC=C. The maximum atomic E-state index is 6.12. The van der Waals surface area contributed by atoms with Crippen molar-refractivity contribution in [2.75, 3.05) is 0 Å². The lowest BCUT2D eigenvalue weighted by Gasteiger charge is -2.21. The topological polar surface area (TPSA) is 36.9 Å². The standard InChI is InChI=1S/C20H34O4/c1-7-9-11-15-17(23-19(3,4)21-15)13-14-18-16(12-10-8-2)22-20(5,6)24-18/h7-8,15-18H,1-2,9-14H2,3-6H3/t15-,16-,17-,18-/m0/s1. The predicted molar refractivity (Wildman–Crippen MR) is 95.7 cm³/mol. The van der Waals surface area contributed by atoms with Crippen molar-refractivity contribution in [1.29, 1.82) is 0 Å². The number of ether oxygens (including phenoxy) is 4. The third kappa shape index (κ3) is 5.41. The summed E-state index contributed by atoms with van der Waals surface area (Å²) >= 11 is 0. The summed E-state index contributed by atoms with van der Waals surface area (Å²) in [5.41, 5.74) is 0. The Balaban J connectivity index is 1.91. The Hall–Kier alpha value is -0.680. The molecule has 0 amide bonds. The van der Waals surface area contributed by atoms with Crippen LogP contribution in [0.2, 0.25) is 0 Å². The zero-order chi connectivity index (χ0) is 17.8. The van der Waals surface area contributed by atoms with Crippen molar-refractivity contribution in [2.45, 2.75) is 102 Å². The van der Waals surface area contributed by atoms with Gasteiger partial charge in [-0.25, -0.2) is 0 Å². The van der Waals surface area contributed by atoms with Gasteiger partial charge in [-0.3, -0.25) is 0 Å². The van der Waals surface area contributed by atoms with Gasteiger partial charge in [0.05, 0.1) is 24.4 Å². The largest absolute Gasteiger partial charge is 0.345 e. The molecule has 2 aliphatic heterocycles. The molecule has 0 spiro atoms.